The summed E-state index contributed by atoms with van der Waals surface area (Å²) in [6.07, 6.45) is 3.81. The van der Waals surface area contributed by atoms with Crippen LogP contribution in [0.15, 0.2) is 36.7 Å². The van der Waals surface area contributed by atoms with E-state index in [4.69, 9.17) is 0 Å². The number of hydrogen-bond acceptors (Lipinski definition) is 2. The number of aryl methyl sites for hydroxylation is 1. The Hall–Kier alpha value is -1.77. The minimum atomic E-state index is 0.118. The summed E-state index contributed by atoms with van der Waals surface area (Å²) in [5.74, 6) is 0.897. The van der Waals surface area contributed by atoms with Gasteiger partial charge in [-0.05, 0) is 24.0 Å². The summed E-state index contributed by atoms with van der Waals surface area (Å²) in [4.78, 5) is 4.36. The van der Waals surface area contributed by atoms with E-state index in [-0.39, 0.29) is 5.41 Å². The van der Waals surface area contributed by atoms with Gasteiger partial charge in [-0.3, -0.25) is 0 Å². The number of benzene rings is 1. The maximum absolute atomic E-state index is 4.36. The number of imidazole rings is 1. The van der Waals surface area contributed by atoms with Crippen LogP contribution in [0.25, 0.3) is 0 Å². The Labute approximate surface area is 109 Å². The topological polar surface area (TPSA) is 29.9 Å². The lowest BCUT2D eigenvalue weighted by atomic mass is 9.86. The third-order valence-corrected chi connectivity index (χ3v) is 3.04. The average molecular weight is 243 g/mol. The summed E-state index contributed by atoms with van der Waals surface area (Å²) in [6, 6.07) is 8.41. The van der Waals surface area contributed by atoms with Gasteiger partial charge in [0.25, 0.3) is 0 Å². The van der Waals surface area contributed by atoms with E-state index in [1.165, 1.54) is 5.56 Å². The van der Waals surface area contributed by atoms with Gasteiger partial charge in [-0.1, -0.05) is 39.0 Å². The van der Waals surface area contributed by atoms with Gasteiger partial charge < -0.3 is 9.88 Å². The van der Waals surface area contributed by atoms with Crippen LogP contribution in [0.5, 0.6) is 0 Å². The van der Waals surface area contributed by atoms with E-state index < -0.39 is 0 Å². The van der Waals surface area contributed by atoms with Crippen molar-refractivity contribution >= 4 is 11.6 Å². The largest absolute Gasteiger partial charge is 0.325 e. The van der Waals surface area contributed by atoms with E-state index in [0.29, 0.717) is 0 Å². The van der Waals surface area contributed by atoms with Crippen LogP contribution in [0.1, 0.15) is 33.3 Å². The van der Waals surface area contributed by atoms with E-state index in [0.717, 1.165) is 18.2 Å². The molecule has 0 aliphatic heterocycles. The first-order valence-electron chi connectivity index (χ1n) is 6.40. The summed E-state index contributed by atoms with van der Waals surface area (Å²) >= 11 is 0. The van der Waals surface area contributed by atoms with Gasteiger partial charge in [-0.2, -0.15) is 0 Å². The average Bonchev–Trinajstić information content (AvgIpc) is 2.75. The van der Waals surface area contributed by atoms with E-state index in [1.54, 1.807) is 0 Å². The first-order chi connectivity index (χ1) is 8.52. The van der Waals surface area contributed by atoms with Crippen molar-refractivity contribution in [1.29, 1.82) is 0 Å². The van der Waals surface area contributed by atoms with Gasteiger partial charge in [0, 0.05) is 24.6 Å². The number of rotatable bonds is 3. The van der Waals surface area contributed by atoms with Crippen LogP contribution in [-0.2, 0) is 12.0 Å². The number of para-hydroxylation sites is 1. The fourth-order valence-corrected chi connectivity index (χ4v) is 2.06. The predicted octanol–water partition coefficient (Wildman–Crippen LogP) is 3.94. The maximum Gasteiger partial charge on any atom is 0.207 e. The minimum Gasteiger partial charge on any atom is -0.325 e. The second-order valence-electron chi connectivity index (χ2n) is 5.46. The van der Waals surface area contributed by atoms with Crippen molar-refractivity contribution in [3.05, 3.63) is 42.2 Å². The number of aromatic nitrogens is 2. The van der Waals surface area contributed by atoms with Gasteiger partial charge in [-0.15, -0.1) is 0 Å². The van der Waals surface area contributed by atoms with E-state index in [9.17, 15) is 0 Å². The molecule has 96 valence electrons. The fraction of sp³-hybridized carbons (Fsp3) is 0.400. The minimum absolute atomic E-state index is 0.118. The molecule has 0 amide bonds. The standard InChI is InChI=1S/C15H21N3/c1-5-18-11-10-16-14(18)17-13-9-7-6-8-12(13)15(2,3)4/h6-11H,5H2,1-4H3,(H,16,17). The molecule has 1 aromatic carbocycles. The molecule has 3 heteroatoms. The van der Waals surface area contributed by atoms with Gasteiger partial charge in [-0.25, -0.2) is 4.98 Å². The number of nitrogens with zero attached hydrogens (tertiary/aromatic N) is 2. The molecule has 2 aromatic rings. The Bertz CT molecular complexity index is 521. The van der Waals surface area contributed by atoms with Crippen LogP contribution in [0.4, 0.5) is 11.6 Å². The lowest BCUT2D eigenvalue weighted by Gasteiger charge is -2.23. The highest BCUT2D eigenvalue weighted by molar-refractivity contribution is 5.60. The van der Waals surface area contributed by atoms with Gasteiger partial charge in [0.15, 0.2) is 0 Å². The number of nitrogens with one attached hydrogen (secondary N) is 1. The molecule has 0 bridgehead atoms. The lowest BCUT2D eigenvalue weighted by molar-refractivity contribution is 0.592. The molecule has 0 aliphatic carbocycles. The van der Waals surface area contributed by atoms with Crippen LogP contribution in [-0.4, -0.2) is 9.55 Å². The molecule has 0 atom stereocenters. The van der Waals surface area contributed by atoms with E-state index in [1.807, 2.05) is 12.4 Å². The maximum atomic E-state index is 4.36. The summed E-state index contributed by atoms with van der Waals surface area (Å²) in [7, 11) is 0. The van der Waals surface area contributed by atoms with Crippen LogP contribution >= 0.6 is 0 Å². The number of hydrogen-bond donors (Lipinski definition) is 1. The molecule has 2 rings (SSSR count). The number of anilines is 2. The Kier molecular flexibility index (Phi) is 3.41. The van der Waals surface area contributed by atoms with Gasteiger partial charge in [0.2, 0.25) is 5.95 Å². The molecule has 0 unspecified atom stereocenters. The van der Waals surface area contributed by atoms with Crippen LogP contribution in [0, 0.1) is 0 Å². The summed E-state index contributed by atoms with van der Waals surface area (Å²) in [5.41, 5.74) is 2.55. The van der Waals surface area contributed by atoms with Gasteiger partial charge in [0.1, 0.15) is 0 Å². The molecule has 3 nitrogen and oxygen atoms in total. The monoisotopic (exact) mass is 243 g/mol. The molecular weight excluding hydrogens is 222 g/mol. The van der Waals surface area contributed by atoms with Gasteiger partial charge in [0.05, 0.1) is 0 Å². The molecule has 1 aromatic heterocycles. The Morgan fingerprint density at radius 3 is 2.61 bits per heavy atom. The van der Waals surface area contributed by atoms with Crippen molar-refractivity contribution in [1.82, 2.24) is 9.55 Å². The van der Waals surface area contributed by atoms with Crippen molar-refractivity contribution in [2.75, 3.05) is 5.32 Å². The van der Waals surface area contributed by atoms with E-state index in [2.05, 4.69) is 66.8 Å². The highest BCUT2D eigenvalue weighted by Crippen LogP contribution is 2.30. The van der Waals surface area contributed by atoms with Crippen molar-refractivity contribution in [3.63, 3.8) is 0 Å². The molecule has 0 saturated carbocycles. The second-order valence-corrected chi connectivity index (χ2v) is 5.46. The summed E-state index contributed by atoms with van der Waals surface area (Å²) < 4.78 is 2.10. The van der Waals surface area contributed by atoms with Crippen molar-refractivity contribution < 1.29 is 0 Å². The first kappa shape index (κ1) is 12.7. The normalized spacial score (nSPS) is 11.6. The van der Waals surface area contributed by atoms with Crippen LogP contribution < -0.4 is 5.32 Å². The molecule has 0 fully saturated rings. The summed E-state index contributed by atoms with van der Waals surface area (Å²) in [5, 5.41) is 3.43. The molecule has 0 radical (unpaired) electrons. The molecular formula is C15H21N3. The van der Waals surface area contributed by atoms with Crippen LogP contribution in [0.3, 0.4) is 0 Å². The summed E-state index contributed by atoms with van der Waals surface area (Å²) in [6.45, 7) is 9.70. The van der Waals surface area contributed by atoms with Crippen molar-refractivity contribution in [2.45, 2.75) is 39.7 Å². The zero-order valence-electron chi connectivity index (χ0n) is 11.6. The predicted molar refractivity (Wildman–Crippen MR) is 76.3 cm³/mol. The Balaban J connectivity index is 2.35. The van der Waals surface area contributed by atoms with E-state index >= 15 is 0 Å². The second kappa shape index (κ2) is 4.84. The Morgan fingerprint density at radius 2 is 1.94 bits per heavy atom. The molecule has 0 saturated heterocycles. The molecule has 1 N–H and O–H groups in total. The highest BCUT2D eigenvalue weighted by Gasteiger charge is 2.18. The zero-order chi connectivity index (χ0) is 13.2. The molecule has 0 aliphatic rings. The third kappa shape index (κ3) is 2.55. The third-order valence-electron chi connectivity index (χ3n) is 3.04. The Morgan fingerprint density at radius 1 is 1.22 bits per heavy atom. The quantitative estimate of drug-likeness (QED) is 0.884. The zero-order valence-corrected chi connectivity index (χ0v) is 11.6. The first-order valence-corrected chi connectivity index (χ1v) is 6.40. The molecule has 0 spiro atoms. The van der Waals surface area contributed by atoms with Crippen molar-refractivity contribution in [3.8, 4) is 0 Å². The fourth-order valence-electron chi connectivity index (χ4n) is 2.06. The molecule has 1 heterocycles. The highest BCUT2D eigenvalue weighted by atomic mass is 15.2. The van der Waals surface area contributed by atoms with Crippen molar-refractivity contribution in [2.24, 2.45) is 0 Å². The smallest absolute Gasteiger partial charge is 0.207 e. The SMILES string of the molecule is CCn1ccnc1Nc1ccccc1C(C)(C)C. The molecule has 18 heavy (non-hydrogen) atoms. The van der Waals surface area contributed by atoms with Crippen LogP contribution in [0.2, 0.25) is 0 Å². The lowest BCUT2D eigenvalue weighted by Crippen LogP contribution is -2.14. The van der Waals surface area contributed by atoms with Gasteiger partial charge >= 0.3 is 0 Å².